The van der Waals surface area contributed by atoms with Gasteiger partial charge < -0.3 is 20.4 Å². The lowest BCUT2D eigenvalue weighted by Gasteiger charge is -1.99. The van der Waals surface area contributed by atoms with Gasteiger partial charge in [-0.15, -0.1) is 0 Å². The molecule has 0 radical (unpaired) electrons. The lowest BCUT2D eigenvalue weighted by molar-refractivity contribution is 0.275. The molecule has 0 unspecified atom stereocenters. The first-order valence-electron chi connectivity index (χ1n) is 3.35. The summed E-state index contributed by atoms with van der Waals surface area (Å²) in [6.45, 7) is 4.21. The first kappa shape index (κ1) is 13.6. The van der Waals surface area contributed by atoms with Crippen LogP contribution in [0.25, 0.3) is 0 Å². The highest BCUT2D eigenvalue weighted by molar-refractivity contribution is 7.45. The van der Waals surface area contributed by atoms with E-state index in [-0.39, 0.29) is 0 Å². The largest absolute Gasteiger partial charge is 0.466 e. The zero-order chi connectivity index (χ0) is 9.49. The summed E-state index contributed by atoms with van der Waals surface area (Å²) in [5, 5.41) is 0. The van der Waals surface area contributed by atoms with Crippen LogP contribution in [0.5, 0.6) is 0 Å². The molecule has 0 fully saturated rings. The first-order chi connectivity index (χ1) is 4.81. The maximum atomic E-state index is 8.88. The molecule has 0 aliphatic heterocycles. The predicted octanol–water partition coefficient (Wildman–Crippen LogP) is 0.205. The summed E-state index contributed by atoms with van der Waals surface area (Å²) in [7, 11) is -4.64. The number of hydrogen-bond acceptors (Lipinski definition) is 2. The summed E-state index contributed by atoms with van der Waals surface area (Å²) in [5.74, 6) is 0. The Balaban J connectivity index is 0. The Hall–Kier alpha value is 0.0700. The minimum absolute atomic E-state index is 0.435. The normalized spacial score (nSPS) is 10.8. The summed E-state index contributed by atoms with van der Waals surface area (Å²) in [6, 6.07) is 0.435. The highest BCUT2D eigenvalue weighted by atomic mass is 31.2. The van der Waals surface area contributed by atoms with Crippen LogP contribution in [-0.4, -0.2) is 20.7 Å². The maximum absolute atomic E-state index is 8.88. The van der Waals surface area contributed by atoms with Crippen molar-refractivity contribution >= 4 is 7.82 Å². The molecule has 0 rings (SSSR count). The van der Waals surface area contributed by atoms with E-state index in [0.717, 1.165) is 12.8 Å². The van der Waals surface area contributed by atoms with Crippen LogP contribution in [0.4, 0.5) is 0 Å². The monoisotopic (exact) mass is 185 g/mol. The average molecular weight is 185 g/mol. The van der Waals surface area contributed by atoms with Crippen molar-refractivity contribution in [2.24, 2.45) is 5.73 Å². The van der Waals surface area contributed by atoms with Crippen LogP contribution < -0.4 is 5.73 Å². The highest BCUT2D eigenvalue weighted by Crippen LogP contribution is 2.25. The molecule has 5 nitrogen and oxygen atoms in total. The van der Waals surface area contributed by atoms with Gasteiger partial charge in [0.2, 0.25) is 0 Å². The number of rotatable bonds is 2. The van der Waals surface area contributed by atoms with Gasteiger partial charge in [-0.05, 0) is 12.8 Å². The second-order valence-corrected chi connectivity index (χ2v) is 3.12. The van der Waals surface area contributed by atoms with E-state index >= 15 is 0 Å². The third-order valence-electron chi connectivity index (χ3n) is 1.05. The Bertz CT molecular complexity index is 111. The fourth-order valence-corrected chi connectivity index (χ4v) is 0.289. The number of nitrogens with two attached hydrogens (primary N) is 1. The van der Waals surface area contributed by atoms with Gasteiger partial charge in [0.1, 0.15) is 0 Å². The highest BCUT2D eigenvalue weighted by Gasteiger charge is 2.00. The minimum Gasteiger partial charge on any atom is -0.328 e. The smallest absolute Gasteiger partial charge is 0.328 e. The first-order valence-corrected chi connectivity index (χ1v) is 4.91. The Kier molecular flexibility index (Phi) is 8.39. The van der Waals surface area contributed by atoms with Gasteiger partial charge in [-0.2, -0.15) is 0 Å². The molecule has 0 heterocycles. The van der Waals surface area contributed by atoms with Gasteiger partial charge in [0, 0.05) is 6.04 Å². The van der Waals surface area contributed by atoms with Crippen LogP contribution in [0, 0.1) is 0 Å². The molecule has 0 aromatic carbocycles. The lowest BCUT2D eigenvalue weighted by atomic mass is 10.2. The summed E-state index contributed by atoms with van der Waals surface area (Å²) in [6.07, 6.45) is 2.22. The quantitative estimate of drug-likeness (QED) is 0.460. The summed E-state index contributed by atoms with van der Waals surface area (Å²) in [4.78, 5) is 21.6. The third kappa shape index (κ3) is 39.6. The van der Waals surface area contributed by atoms with Crippen molar-refractivity contribution in [3.8, 4) is 0 Å². The zero-order valence-electron chi connectivity index (χ0n) is 6.77. The van der Waals surface area contributed by atoms with Crippen LogP contribution in [0.2, 0.25) is 0 Å². The SMILES string of the molecule is CCC(N)CC.O=P(O)(O)O. The molecule has 70 valence electrons. The van der Waals surface area contributed by atoms with E-state index in [1.54, 1.807) is 0 Å². The Morgan fingerprint density at radius 2 is 1.45 bits per heavy atom. The molecule has 6 heteroatoms. The van der Waals surface area contributed by atoms with E-state index < -0.39 is 7.82 Å². The summed E-state index contributed by atoms with van der Waals surface area (Å²) >= 11 is 0. The molecular formula is C5H16NO4P. The molecule has 0 atom stereocenters. The van der Waals surface area contributed by atoms with Crippen molar-refractivity contribution in [1.82, 2.24) is 0 Å². The van der Waals surface area contributed by atoms with Crippen molar-refractivity contribution in [2.45, 2.75) is 32.7 Å². The lowest BCUT2D eigenvalue weighted by Crippen LogP contribution is -2.16. The standard InChI is InChI=1S/C5H13N.H3O4P/c1-3-5(6)4-2;1-5(2,3)4/h5H,3-4,6H2,1-2H3;(H3,1,2,3,4). The molecule has 0 spiro atoms. The van der Waals surface area contributed by atoms with Gasteiger partial charge in [-0.1, -0.05) is 13.8 Å². The van der Waals surface area contributed by atoms with Crippen molar-refractivity contribution in [2.75, 3.05) is 0 Å². The van der Waals surface area contributed by atoms with Gasteiger partial charge in [0.05, 0.1) is 0 Å². The molecule has 0 aliphatic rings. The minimum atomic E-state index is -4.64. The summed E-state index contributed by atoms with van der Waals surface area (Å²) < 4.78 is 8.88. The van der Waals surface area contributed by atoms with E-state index in [2.05, 4.69) is 13.8 Å². The van der Waals surface area contributed by atoms with E-state index in [1.165, 1.54) is 0 Å². The molecule has 0 aliphatic carbocycles. The van der Waals surface area contributed by atoms with E-state index in [1.807, 2.05) is 0 Å². The van der Waals surface area contributed by atoms with Gasteiger partial charge >= 0.3 is 7.82 Å². The molecule has 0 aromatic rings. The average Bonchev–Trinajstić information content (AvgIpc) is 1.83. The van der Waals surface area contributed by atoms with Crippen molar-refractivity contribution in [3.63, 3.8) is 0 Å². The Morgan fingerprint density at radius 3 is 1.45 bits per heavy atom. The number of hydrogen-bond donors (Lipinski definition) is 4. The van der Waals surface area contributed by atoms with Gasteiger partial charge in [0.25, 0.3) is 0 Å². The van der Waals surface area contributed by atoms with Crippen LogP contribution in [0.15, 0.2) is 0 Å². The van der Waals surface area contributed by atoms with Gasteiger partial charge in [0.15, 0.2) is 0 Å². The fourth-order valence-electron chi connectivity index (χ4n) is 0.289. The molecular weight excluding hydrogens is 169 g/mol. The van der Waals surface area contributed by atoms with Crippen LogP contribution in [0.3, 0.4) is 0 Å². The Morgan fingerprint density at radius 1 is 1.27 bits per heavy atom. The molecule has 0 aromatic heterocycles. The van der Waals surface area contributed by atoms with Crippen molar-refractivity contribution in [1.29, 1.82) is 0 Å². The second-order valence-electron chi connectivity index (χ2n) is 2.09. The number of phosphoric acid groups is 1. The second kappa shape index (κ2) is 6.76. The Labute approximate surface area is 66.5 Å². The fraction of sp³-hybridized carbons (Fsp3) is 1.00. The molecule has 0 bridgehead atoms. The third-order valence-corrected chi connectivity index (χ3v) is 1.05. The van der Waals surface area contributed by atoms with E-state index in [4.69, 9.17) is 25.0 Å². The molecule has 0 amide bonds. The van der Waals surface area contributed by atoms with Crippen LogP contribution >= 0.6 is 7.82 Å². The molecule has 0 saturated carbocycles. The topological polar surface area (TPSA) is 104 Å². The van der Waals surface area contributed by atoms with Crippen LogP contribution in [-0.2, 0) is 4.57 Å². The summed E-state index contributed by atoms with van der Waals surface area (Å²) in [5.41, 5.74) is 5.47. The molecule has 5 N–H and O–H groups in total. The van der Waals surface area contributed by atoms with E-state index in [9.17, 15) is 0 Å². The molecule has 0 saturated heterocycles. The molecule has 11 heavy (non-hydrogen) atoms. The van der Waals surface area contributed by atoms with E-state index in [0.29, 0.717) is 6.04 Å². The maximum Gasteiger partial charge on any atom is 0.466 e. The van der Waals surface area contributed by atoms with Gasteiger partial charge in [-0.25, -0.2) is 4.57 Å². The van der Waals surface area contributed by atoms with Crippen LogP contribution in [0.1, 0.15) is 26.7 Å². The van der Waals surface area contributed by atoms with Crippen molar-refractivity contribution in [3.05, 3.63) is 0 Å². The zero-order valence-corrected chi connectivity index (χ0v) is 7.66. The van der Waals surface area contributed by atoms with Crippen molar-refractivity contribution < 1.29 is 19.2 Å². The van der Waals surface area contributed by atoms with Gasteiger partial charge in [-0.3, -0.25) is 0 Å². The predicted molar refractivity (Wildman–Crippen MR) is 42.8 cm³/mol.